The highest BCUT2D eigenvalue weighted by molar-refractivity contribution is 5.97. The highest BCUT2D eigenvalue weighted by atomic mass is 16.5. The van der Waals surface area contributed by atoms with Crippen LogP contribution in [0.5, 0.6) is 5.75 Å². The molecule has 1 amide bonds. The first-order chi connectivity index (χ1) is 10.2. The smallest absolute Gasteiger partial charge is 0.255 e. The van der Waals surface area contributed by atoms with Gasteiger partial charge in [0.15, 0.2) is 0 Å². The molecule has 114 valence electrons. The Labute approximate surface area is 125 Å². The van der Waals surface area contributed by atoms with Crippen LogP contribution in [0.3, 0.4) is 0 Å². The van der Waals surface area contributed by atoms with Crippen LogP contribution in [-0.2, 0) is 4.74 Å². The van der Waals surface area contributed by atoms with Crippen LogP contribution < -0.4 is 15.4 Å². The van der Waals surface area contributed by atoms with E-state index in [1.807, 2.05) is 25.2 Å². The van der Waals surface area contributed by atoms with Crippen molar-refractivity contribution >= 4 is 5.91 Å². The van der Waals surface area contributed by atoms with Gasteiger partial charge in [-0.3, -0.25) is 4.79 Å². The third kappa shape index (κ3) is 2.89. The predicted octanol–water partition coefficient (Wildman–Crippen LogP) is 1.49. The summed E-state index contributed by atoms with van der Waals surface area (Å²) in [5.74, 6) is 1.03. The minimum absolute atomic E-state index is 0.0600. The normalized spacial score (nSPS) is 26.5. The van der Waals surface area contributed by atoms with E-state index in [0.29, 0.717) is 36.5 Å². The number of benzene rings is 1. The van der Waals surface area contributed by atoms with Crippen LogP contribution in [0.4, 0.5) is 0 Å². The molecule has 2 aliphatic heterocycles. The molecule has 1 aromatic carbocycles. The van der Waals surface area contributed by atoms with Gasteiger partial charge < -0.3 is 20.1 Å². The number of nitrogens with one attached hydrogen (secondary N) is 2. The van der Waals surface area contributed by atoms with Gasteiger partial charge in [-0.15, -0.1) is 0 Å². The molecular weight excluding hydrogens is 268 g/mol. The summed E-state index contributed by atoms with van der Waals surface area (Å²) < 4.78 is 11.3. The number of hydrogen-bond donors (Lipinski definition) is 2. The first-order valence-electron chi connectivity index (χ1n) is 7.53. The number of rotatable bonds is 3. The van der Waals surface area contributed by atoms with Crippen molar-refractivity contribution in [3.63, 3.8) is 0 Å². The van der Waals surface area contributed by atoms with Crippen LogP contribution in [0.1, 0.15) is 35.3 Å². The first-order valence-corrected chi connectivity index (χ1v) is 7.53. The Morgan fingerprint density at radius 3 is 3.00 bits per heavy atom. The SMILES string of the molecule is CNC(c1ccc2c(c1)C(=O)NCCO2)C1COC(C)C1. The summed E-state index contributed by atoms with van der Waals surface area (Å²) in [6.07, 6.45) is 1.34. The molecule has 3 rings (SSSR count). The summed E-state index contributed by atoms with van der Waals surface area (Å²) in [5.41, 5.74) is 1.73. The molecule has 0 bridgehead atoms. The van der Waals surface area contributed by atoms with Crippen molar-refractivity contribution in [1.29, 1.82) is 0 Å². The van der Waals surface area contributed by atoms with E-state index in [4.69, 9.17) is 9.47 Å². The number of carbonyl (C=O) groups is 1. The van der Waals surface area contributed by atoms with Crippen LogP contribution >= 0.6 is 0 Å². The van der Waals surface area contributed by atoms with E-state index < -0.39 is 0 Å². The van der Waals surface area contributed by atoms with Crippen LogP contribution in [0.2, 0.25) is 0 Å². The van der Waals surface area contributed by atoms with Crippen molar-refractivity contribution in [1.82, 2.24) is 10.6 Å². The zero-order valence-electron chi connectivity index (χ0n) is 12.5. The quantitative estimate of drug-likeness (QED) is 0.885. The van der Waals surface area contributed by atoms with Crippen LogP contribution in [0.25, 0.3) is 0 Å². The molecule has 2 aliphatic rings. The molecule has 1 aromatic rings. The molecule has 2 N–H and O–H groups in total. The van der Waals surface area contributed by atoms with E-state index >= 15 is 0 Å². The minimum Gasteiger partial charge on any atom is -0.491 e. The molecule has 0 spiro atoms. The summed E-state index contributed by atoms with van der Waals surface area (Å²) in [6, 6.07) is 6.08. The van der Waals surface area contributed by atoms with E-state index in [-0.39, 0.29) is 11.9 Å². The molecular formula is C16H22N2O3. The van der Waals surface area contributed by atoms with Crippen molar-refractivity contribution < 1.29 is 14.3 Å². The fourth-order valence-corrected chi connectivity index (χ4v) is 3.22. The van der Waals surface area contributed by atoms with Crippen molar-refractivity contribution in [3.8, 4) is 5.75 Å². The zero-order chi connectivity index (χ0) is 14.8. The van der Waals surface area contributed by atoms with Gasteiger partial charge in [-0.05, 0) is 38.1 Å². The molecule has 1 fully saturated rings. The second-order valence-electron chi connectivity index (χ2n) is 5.77. The van der Waals surface area contributed by atoms with E-state index in [1.54, 1.807) is 0 Å². The zero-order valence-corrected chi connectivity index (χ0v) is 12.5. The highest BCUT2D eigenvalue weighted by Gasteiger charge is 2.30. The molecule has 3 unspecified atom stereocenters. The maximum absolute atomic E-state index is 12.1. The van der Waals surface area contributed by atoms with Crippen LogP contribution in [-0.4, -0.2) is 38.8 Å². The lowest BCUT2D eigenvalue weighted by molar-refractivity contribution is 0.0957. The lowest BCUT2D eigenvalue weighted by Gasteiger charge is -2.23. The van der Waals surface area contributed by atoms with Gasteiger partial charge >= 0.3 is 0 Å². The number of ether oxygens (including phenoxy) is 2. The molecule has 5 nitrogen and oxygen atoms in total. The summed E-state index contributed by atoms with van der Waals surface area (Å²) >= 11 is 0. The number of fused-ring (bicyclic) bond motifs is 1. The monoisotopic (exact) mass is 290 g/mol. The fraction of sp³-hybridized carbons (Fsp3) is 0.562. The highest BCUT2D eigenvalue weighted by Crippen LogP contribution is 2.33. The van der Waals surface area contributed by atoms with E-state index in [9.17, 15) is 4.79 Å². The van der Waals surface area contributed by atoms with Gasteiger partial charge in [0.1, 0.15) is 12.4 Å². The molecule has 2 heterocycles. The molecule has 1 saturated heterocycles. The Kier molecular flexibility index (Phi) is 4.12. The van der Waals surface area contributed by atoms with Gasteiger partial charge in [0.25, 0.3) is 5.91 Å². The van der Waals surface area contributed by atoms with E-state index in [2.05, 4.69) is 17.6 Å². The lowest BCUT2D eigenvalue weighted by Crippen LogP contribution is -2.27. The second kappa shape index (κ2) is 6.03. The molecule has 5 heteroatoms. The summed E-state index contributed by atoms with van der Waals surface area (Å²) in [6.45, 7) is 3.92. The standard InChI is InChI=1S/C16H22N2O3/c1-10-7-12(9-21-10)15(17-2)11-3-4-14-13(8-11)16(19)18-5-6-20-14/h3-4,8,10,12,15,17H,5-7,9H2,1-2H3,(H,18,19). The molecule has 0 aliphatic carbocycles. The average Bonchev–Trinajstić information content (AvgIpc) is 2.82. The van der Waals surface area contributed by atoms with E-state index in [0.717, 1.165) is 18.6 Å². The summed E-state index contributed by atoms with van der Waals surface area (Å²) in [4.78, 5) is 12.1. The van der Waals surface area contributed by atoms with Gasteiger partial charge in [0.05, 0.1) is 24.8 Å². The van der Waals surface area contributed by atoms with Gasteiger partial charge in [-0.2, -0.15) is 0 Å². The fourth-order valence-electron chi connectivity index (χ4n) is 3.22. The Bertz CT molecular complexity index is 532. The van der Waals surface area contributed by atoms with Crippen molar-refractivity contribution in [2.24, 2.45) is 5.92 Å². The average molecular weight is 290 g/mol. The number of amides is 1. The molecule has 0 radical (unpaired) electrons. The first kappa shape index (κ1) is 14.4. The van der Waals surface area contributed by atoms with Gasteiger partial charge in [0, 0.05) is 12.0 Å². The van der Waals surface area contributed by atoms with Gasteiger partial charge in [0.2, 0.25) is 0 Å². The number of carbonyl (C=O) groups excluding carboxylic acids is 1. The van der Waals surface area contributed by atoms with Crippen LogP contribution in [0.15, 0.2) is 18.2 Å². The third-order valence-electron chi connectivity index (χ3n) is 4.26. The maximum Gasteiger partial charge on any atom is 0.255 e. The van der Waals surface area contributed by atoms with Gasteiger partial charge in [-0.25, -0.2) is 0 Å². The van der Waals surface area contributed by atoms with Gasteiger partial charge in [-0.1, -0.05) is 6.07 Å². The Morgan fingerprint density at radius 2 is 2.29 bits per heavy atom. The Morgan fingerprint density at radius 1 is 1.43 bits per heavy atom. The van der Waals surface area contributed by atoms with Crippen molar-refractivity contribution in [2.45, 2.75) is 25.5 Å². The second-order valence-corrected chi connectivity index (χ2v) is 5.77. The maximum atomic E-state index is 12.1. The minimum atomic E-state index is -0.0600. The Balaban J connectivity index is 1.89. The number of hydrogen-bond acceptors (Lipinski definition) is 4. The summed E-state index contributed by atoms with van der Waals surface area (Å²) in [5, 5.41) is 6.22. The summed E-state index contributed by atoms with van der Waals surface area (Å²) in [7, 11) is 1.95. The predicted molar refractivity (Wildman–Crippen MR) is 79.6 cm³/mol. The van der Waals surface area contributed by atoms with E-state index in [1.165, 1.54) is 0 Å². The largest absolute Gasteiger partial charge is 0.491 e. The van der Waals surface area contributed by atoms with Crippen molar-refractivity contribution in [2.75, 3.05) is 26.8 Å². The van der Waals surface area contributed by atoms with Crippen molar-refractivity contribution in [3.05, 3.63) is 29.3 Å². The molecule has 0 saturated carbocycles. The molecule has 21 heavy (non-hydrogen) atoms. The lowest BCUT2D eigenvalue weighted by atomic mass is 9.90. The van der Waals surface area contributed by atoms with Crippen LogP contribution in [0, 0.1) is 5.92 Å². The Hall–Kier alpha value is -1.59. The topological polar surface area (TPSA) is 59.6 Å². The molecule has 3 atom stereocenters. The third-order valence-corrected chi connectivity index (χ3v) is 4.26. The molecule has 0 aromatic heterocycles.